The first-order valence-electron chi connectivity index (χ1n) is 8.20. The van der Waals surface area contributed by atoms with Crippen LogP contribution in [0.1, 0.15) is 17.8 Å². The summed E-state index contributed by atoms with van der Waals surface area (Å²) in [6.07, 6.45) is 0.744. The van der Waals surface area contributed by atoms with Crippen LogP contribution < -0.4 is 10.9 Å². The number of rotatable bonds is 6. The molecule has 0 radical (unpaired) electrons. The molecule has 1 unspecified atom stereocenters. The summed E-state index contributed by atoms with van der Waals surface area (Å²) in [5, 5.41) is 9.10. The van der Waals surface area contributed by atoms with E-state index in [0.29, 0.717) is 17.8 Å². The van der Waals surface area contributed by atoms with Crippen molar-refractivity contribution in [1.82, 2.24) is 15.1 Å². The Morgan fingerprint density at radius 1 is 1.23 bits per heavy atom. The van der Waals surface area contributed by atoms with Crippen LogP contribution >= 0.6 is 11.3 Å². The van der Waals surface area contributed by atoms with Crippen molar-refractivity contribution >= 4 is 17.2 Å². The fourth-order valence-corrected chi connectivity index (χ4v) is 3.21. The lowest BCUT2D eigenvalue weighted by Crippen LogP contribution is -2.37. The van der Waals surface area contributed by atoms with E-state index in [2.05, 4.69) is 10.4 Å². The fraction of sp³-hybridized carbons (Fsp3) is 0.211. The largest absolute Gasteiger partial charge is 0.354 e. The van der Waals surface area contributed by atoms with E-state index in [1.54, 1.807) is 36.5 Å². The summed E-state index contributed by atoms with van der Waals surface area (Å²) in [6.45, 7) is 2.12. The van der Waals surface area contributed by atoms with Crippen molar-refractivity contribution < 1.29 is 9.18 Å². The second kappa shape index (κ2) is 8.05. The van der Waals surface area contributed by atoms with Gasteiger partial charge in [0.05, 0.1) is 5.69 Å². The van der Waals surface area contributed by atoms with Crippen LogP contribution in [0.3, 0.4) is 0 Å². The summed E-state index contributed by atoms with van der Waals surface area (Å²) >= 11 is 1.64. The molecule has 0 saturated heterocycles. The van der Waals surface area contributed by atoms with Crippen LogP contribution in [-0.2, 0) is 11.2 Å². The predicted octanol–water partition coefficient (Wildman–Crippen LogP) is 3.03. The molecule has 1 N–H and O–H groups in total. The summed E-state index contributed by atoms with van der Waals surface area (Å²) in [4.78, 5) is 25.7. The molecule has 0 spiro atoms. The molecule has 1 aromatic carbocycles. The molecular formula is C19H18FN3O2S. The van der Waals surface area contributed by atoms with Crippen LogP contribution in [0.4, 0.5) is 4.39 Å². The van der Waals surface area contributed by atoms with E-state index in [0.717, 1.165) is 11.1 Å². The maximum atomic E-state index is 13.1. The number of thiophene rings is 1. The molecule has 0 aliphatic heterocycles. The Morgan fingerprint density at radius 3 is 2.69 bits per heavy atom. The number of aromatic nitrogens is 2. The van der Waals surface area contributed by atoms with Crippen molar-refractivity contribution in [2.45, 2.75) is 19.4 Å². The van der Waals surface area contributed by atoms with E-state index in [9.17, 15) is 14.0 Å². The average molecular weight is 371 g/mol. The van der Waals surface area contributed by atoms with Crippen molar-refractivity contribution in [2.24, 2.45) is 0 Å². The van der Waals surface area contributed by atoms with Gasteiger partial charge in [0, 0.05) is 23.1 Å². The molecule has 0 saturated carbocycles. The highest BCUT2D eigenvalue weighted by Crippen LogP contribution is 2.16. The van der Waals surface area contributed by atoms with E-state index in [1.165, 1.54) is 23.1 Å². The zero-order chi connectivity index (χ0) is 18.5. The lowest BCUT2D eigenvalue weighted by molar-refractivity contribution is -0.124. The Bertz CT molecular complexity index is 936. The quantitative estimate of drug-likeness (QED) is 0.724. The Morgan fingerprint density at radius 2 is 2.00 bits per heavy atom. The average Bonchev–Trinajstić information content (AvgIpc) is 3.16. The molecule has 2 heterocycles. The monoisotopic (exact) mass is 371 g/mol. The minimum absolute atomic E-state index is 0.271. The van der Waals surface area contributed by atoms with Crippen LogP contribution in [0, 0.1) is 5.82 Å². The number of carbonyl (C=O) groups excluding carboxylic acids is 1. The summed E-state index contributed by atoms with van der Waals surface area (Å²) < 4.78 is 14.2. The fourth-order valence-electron chi connectivity index (χ4n) is 2.50. The van der Waals surface area contributed by atoms with Crippen molar-refractivity contribution in [3.8, 4) is 11.3 Å². The topological polar surface area (TPSA) is 64.0 Å². The Kier molecular flexibility index (Phi) is 5.58. The van der Waals surface area contributed by atoms with Gasteiger partial charge in [0.15, 0.2) is 0 Å². The molecule has 0 fully saturated rings. The van der Waals surface area contributed by atoms with Gasteiger partial charge >= 0.3 is 0 Å². The Labute approximate surface area is 154 Å². The van der Waals surface area contributed by atoms with E-state index in [4.69, 9.17) is 0 Å². The molecule has 5 nitrogen and oxygen atoms in total. The van der Waals surface area contributed by atoms with Gasteiger partial charge in [-0.15, -0.1) is 11.3 Å². The Balaban J connectivity index is 1.72. The normalized spacial score (nSPS) is 11.9. The summed E-state index contributed by atoms with van der Waals surface area (Å²) in [5.41, 5.74) is 0.810. The molecule has 134 valence electrons. The molecular weight excluding hydrogens is 353 g/mol. The van der Waals surface area contributed by atoms with E-state index >= 15 is 0 Å². The molecule has 26 heavy (non-hydrogen) atoms. The standard InChI is InChI=1S/C19H18FN3O2S/c1-13(19(25)21-11-10-16-3-2-12-26-16)23-18(24)9-8-17(22-23)14-4-6-15(20)7-5-14/h2-9,12-13H,10-11H2,1H3,(H,21,25). The maximum Gasteiger partial charge on any atom is 0.267 e. The number of halogens is 1. The van der Waals surface area contributed by atoms with Gasteiger partial charge in [0.25, 0.3) is 5.56 Å². The van der Waals surface area contributed by atoms with Gasteiger partial charge in [-0.2, -0.15) is 5.10 Å². The minimum atomic E-state index is -0.744. The summed E-state index contributed by atoms with van der Waals surface area (Å²) in [6, 6.07) is 12.0. The van der Waals surface area contributed by atoms with E-state index < -0.39 is 6.04 Å². The number of nitrogens with zero attached hydrogens (tertiary/aromatic N) is 2. The van der Waals surface area contributed by atoms with Crippen LogP contribution in [0.5, 0.6) is 0 Å². The third-order valence-corrected chi connectivity index (χ3v) is 4.90. The number of nitrogens with one attached hydrogen (secondary N) is 1. The highest BCUT2D eigenvalue weighted by Gasteiger charge is 2.17. The van der Waals surface area contributed by atoms with Crippen molar-refractivity contribution in [2.75, 3.05) is 6.54 Å². The molecule has 1 atom stereocenters. The highest BCUT2D eigenvalue weighted by atomic mass is 32.1. The second-order valence-electron chi connectivity index (χ2n) is 5.80. The van der Waals surface area contributed by atoms with Gasteiger partial charge in [0.2, 0.25) is 5.91 Å². The molecule has 7 heteroatoms. The molecule has 0 aliphatic rings. The zero-order valence-corrected chi connectivity index (χ0v) is 15.0. The number of amides is 1. The van der Waals surface area contributed by atoms with Crippen molar-refractivity contribution in [3.05, 3.63) is 75.0 Å². The van der Waals surface area contributed by atoms with Gasteiger partial charge in [-0.1, -0.05) is 6.07 Å². The first-order valence-corrected chi connectivity index (χ1v) is 9.08. The van der Waals surface area contributed by atoms with Crippen molar-refractivity contribution in [1.29, 1.82) is 0 Å². The maximum absolute atomic E-state index is 13.1. The third-order valence-electron chi connectivity index (χ3n) is 3.96. The molecule has 3 aromatic rings. The first kappa shape index (κ1) is 18.0. The smallest absolute Gasteiger partial charge is 0.267 e. The van der Waals surface area contributed by atoms with E-state index in [1.807, 2.05) is 17.5 Å². The highest BCUT2D eigenvalue weighted by molar-refractivity contribution is 7.09. The van der Waals surface area contributed by atoms with Crippen LogP contribution in [0.15, 0.2) is 58.7 Å². The predicted molar refractivity (Wildman–Crippen MR) is 99.6 cm³/mol. The summed E-state index contributed by atoms with van der Waals surface area (Å²) in [5.74, 6) is -0.618. The van der Waals surface area contributed by atoms with Gasteiger partial charge in [-0.05, 0) is 55.1 Å². The zero-order valence-electron chi connectivity index (χ0n) is 14.2. The van der Waals surface area contributed by atoms with Gasteiger partial charge < -0.3 is 5.32 Å². The van der Waals surface area contributed by atoms with Crippen molar-refractivity contribution in [3.63, 3.8) is 0 Å². The lowest BCUT2D eigenvalue weighted by Gasteiger charge is -2.15. The number of carbonyl (C=O) groups is 1. The molecule has 1 amide bonds. The van der Waals surface area contributed by atoms with E-state index in [-0.39, 0.29) is 17.3 Å². The summed E-state index contributed by atoms with van der Waals surface area (Å²) in [7, 11) is 0. The Hall–Kier alpha value is -2.80. The number of hydrogen-bond acceptors (Lipinski definition) is 4. The third kappa shape index (κ3) is 4.23. The second-order valence-corrected chi connectivity index (χ2v) is 6.84. The lowest BCUT2D eigenvalue weighted by atomic mass is 10.1. The number of hydrogen-bond donors (Lipinski definition) is 1. The van der Waals surface area contributed by atoms with Gasteiger partial charge in [-0.25, -0.2) is 9.07 Å². The van der Waals surface area contributed by atoms with Gasteiger partial charge in [0.1, 0.15) is 11.9 Å². The molecule has 0 bridgehead atoms. The first-order chi connectivity index (χ1) is 12.5. The SMILES string of the molecule is CC(C(=O)NCCc1cccs1)n1nc(-c2ccc(F)cc2)ccc1=O. The molecule has 3 rings (SSSR count). The number of benzene rings is 1. The molecule has 2 aromatic heterocycles. The van der Waals surface area contributed by atoms with Crippen LogP contribution in [-0.4, -0.2) is 22.2 Å². The molecule has 0 aliphatic carbocycles. The van der Waals surface area contributed by atoms with Gasteiger partial charge in [-0.3, -0.25) is 9.59 Å². The van der Waals surface area contributed by atoms with Crippen LogP contribution in [0.25, 0.3) is 11.3 Å². The minimum Gasteiger partial charge on any atom is -0.354 e. The van der Waals surface area contributed by atoms with Crippen LogP contribution in [0.2, 0.25) is 0 Å².